The maximum Gasteiger partial charge on any atom is 0.410 e. The zero-order chi connectivity index (χ0) is 16.2. The normalized spacial score (nSPS) is 18.5. The number of nitrogens with one attached hydrogen (secondary N) is 1. The molecule has 2 rings (SSSR count). The van der Waals surface area contributed by atoms with Gasteiger partial charge in [0.1, 0.15) is 5.60 Å². The number of rotatable bonds is 4. The highest BCUT2D eigenvalue weighted by molar-refractivity contribution is 9.10. The fourth-order valence-electron chi connectivity index (χ4n) is 2.51. The predicted molar refractivity (Wildman–Crippen MR) is 91.8 cm³/mol. The molecule has 1 aliphatic heterocycles. The third-order valence-corrected chi connectivity index (χ3v) is 4.14. The van der Waals surface area contributed by atoms with E-state index in [0.717, 1.165) is 37.1 Å². The fourth-order valence-corrected chi connectivity index (χ4v) is 2.78. The lowest BCUT2D eigenvalue weighted by molar-refractivity contribution is 0.0288. The Balaban J connectivity index is 1.70. The Labute approximate surface area is 141 Å². The number of nitrogens with zero attached hydrogens (tertiary/aromatic N) is 1. The minimum Gasteiger partial charge on any atom is -0.444 e. The average Bonchev–Trinajstić information content (AvgIpc) is 2.88. The highest BCUT2D eigenvalue weighted by atomic mass is 79.9. The van der Waals surface area contributed by atoms with Crippen LogP contribution in [0.5, 0.6) is 0 Å². The molecule has 1 N–H and O–H groups in total. The standard InChI is InChI=1S/C17H25BrN2O2/c1-17(2,3)22-16(21)20-9-8-14(12-20)11-19-10-13-4-6-15(18)7-5-13/h4-7,14,19H,8-12H2,1-3H3/t14-/m0/s1. The quantitative estimate of drug-likeness (QED) is 0.878. The third-order valence-electron chi connectivity index (χ3n) is 3.61. The molecule has 1 aromatic rings. The molecule has 1 heterocycles. The first-order chi connectivity index (χ1) is 10.3. The van der Waals surface area contributed by atoms with E-state index < -0.39 is 5.60 Å². The van der Waals surface area contributed by atoms with Gasteiger partial charge in [0, 0.05) is 30.7 Å². The molecule has 0 spiro atoms. The predicted octanol–water partition coefficient (Wildman–Crippen LogP) is 3.80. The number of amides is 1. The Hall–Kier alpha value is -1.07. The van der Waals surface area contributed by atoms with Crippen LogP contribution in [0.3, 0.4) is 0 Å². The smallest absolute Gasteiger partial charge is 0.410 e. The van der Waals surface area contributed by atoms with Crippen molar-refractivity contribution >= 4 is 22.0 Å². The fraction of sp³-hybridized carbons (Fsp3) is 0.588. The number of benzene rings is 1. The van der Waals surface area contributed by atoms with Crippen LogP contribution >= 0.6 is 15.9 Å². The molecule has 1 atom stereocenters. The van der Waals surface area contributed by atoms with Crippen molar-refractivity contribution in [3.05, 3.63) is 34.3 Å². The topological polar surface area (TPSA) is 41.6 Å². The molecule has 122 valence electrons. The minimum atomic E-state index is -0.422. The van der Waals surface area contributed by atoms with Crippen molar-refractivity contribution in [3.63, 3.8) is 0 Å². The van der Waals surface area contributed by atoms with Crippen LogP contribution in [-0.2, 0) is 11.3 Å². The lowest BCUT2D eigenvalue weighted by Crippen LogP contribution is -2.36. The SMILES string of the molecule is CC(C)(C)OC(=O)N1CC[C@@H](CNCc2ccc(Br)cc2)C1. The number of ether oxygens (including phenoxy) is 1. The molecule has 22 heavy (non-hydrogen) atoms. The molecule has 0 radical (unpaired) electrons. The van der Waals surface area contributed by atoms with Gasteiger partial charge in [-0.25, -0.2) is 4.79 Å². The number of hydrogen-bond donors (Lipinski definition) is 1. The number of carbonyl (C=O) groups is 1. The largest absolute Gasteiger partial charge is 0.444 e. The van der Waals surface area contributed by atoms with Crippen molar-refractivity contribution in [1.82, 2.24) is 10.2 Å². The van der Waals surface area contributed by atoms with Gasteiger partial charge < -0.3 is 15.0 Å². The second-order valence-corrected chi connectivity index (χ2v) is 7.75. The average molecular weight is 369 g/mol. The van der Waals surface area contributed by atoms with Crippen LogP contribution in [0.15, 0.2) is 28.7 Å². The van der Waals surface area contributed by atoms with Crippen LogP contribution in [-0.4, -0.2) is 36.2 Å². The summed E-state index contributed by atoms with van der Waals surface area (Å²) in [6.07, 6.45) is 0.843. The van der Waals surface area contributed by atoms with Gasteiger partial charge in [0.05, 0.1) is 0 Å². The van der Waals surface area contributed by atoms with Gasteiger partial charge in [0.25, 0.3) is 0 Å². The van der Waals surface area contributed by atoms with E-state index in [2.05, 4.69) is 45.5 Å². The Morgan fingerprint density at radius 1 is 1.36 bits per heavy atom. The molecule has 1 aliphatic rings. The zero-order valence-corrected chi connectivity index (χ0v) is 15.1. The van der Waals surface area contributed by atoms with E-state index in [4.69, 9.17) is 4.74 Å². The number of likely N-dealkylation sites (tertiary alicyclic amines) is 1. The van der Waals surface area contributed by atoms with Crippen LogP contribution in [0, 0.1) is 5.92 Å². The Bertz CT molecular complexity index is 496. The second-order valence-electron chi connectivity index (χ2n) is 6.84. The first-order valence-corrected chi connectivity index (χ1v) is 8.56. The summed E-state index contributed by atoms with van der Waals surface area (Å²) in [5.74, 6) is 0.503. The molecule has 4 nitrogen and oxygen atoms in total. The van der Waals surface area contributed by atoms with Gasteiger partial charge in [-0.15, -0.1) is 0 Å². The molecule has 0 aliphatic carbocycles. The van der Waals surface area contributed by atoms with Gasteiger partial charge in [0.2, 0.25) is 0 Å². The van der Waals surface area contributed by atoms with E-state index >= 15 is 0 Å². The summed E-state index contributed by atoms with van der Waals surface area (Å²) in [4.78, 5) is 13.8. The third kappa shape index (κ3) is 5.61. The van der Waals surface area contributed by atoms with Crippen LogP contribution < -0.4 is 5.32 Å². The van der Waals surface area contributed by atoms with Gasteiger partial charge in [-0.3, -0.25) is 0 Å². The minimum absolute atomic E-state index is 0.192. The lowest BCUT2D eigenvalue weighted by Gasteiger charge is -2.24. The summed E-state index contributed by atoms with van der Waals surface area (Å²) in [5, 5.41) is 3.48. The van der Waals surface area contributed by atoms with Crippen molar-refractivity contribution in [2.45, 2.75) is 39.3 Å². The van der Waals surface area contributed by atoms with Crippen molar-refractivity contribution in [2.24, 2.45) is 5.92 Å². The summed E-state index contributed by atoms with van der Waals surface area (Å²) in [6.45, 7) is 9.06. The monoisotopic (exact) mass is 368 g/mol. The first kappa shape index (κ1) is 17.3. The Morgan fingerprint density at radius 2 is 2.05 bits per heavy atom. The highest BCUT2D eigenvalue weighted by Gasteiger charge is 2.29. The van der Waals surface area contributed by atoms with Gasteiger partial charge in [-0.05, 0) is 50.8 Å². The number of halogens is 1. The van der Waals surface area contributed by atoms with E-state index in [9.17, 15) is 4.79 Å². The molecule has 0 unspecified atom stereocenters. The van der Waals surface area contributed by atoms with Crippen LogP contribution in [0.2, 0.25) is 0 Å². The van der Waals surface area contributed by atoms with Crippen LogP contribution in [0.25, 0.3) is 0 Å². The maximum absolute atomic E-state index is 12.0. The summed E-state index contributed by atoms with van der Waals surface area (Å²) >= 11 is 3.44. The number of hydrogen-bond acceptors (Lipinski definition) is 3. The second kappa shape index (κ2) is 7.47. The molecule has 1 amide bonds. The molecular formula is C17H25BrN2O2. The van der Waals surface area contributed by atoms with Crippen molar-refractivity contribution < 1.29 is 9.53 Å². The Kier molecular flexibility index (Phi) is 5.87. The summed E-state index contributed by atoms with van der Waals surface area (Å²) in [6, 6.07) is 8.32. The molecular weight excluding hydrogens is 344 g/mol. The molecule has 0 saturated carbocycles. The van der Waals surface area contributed by atoms with E-state index in [1.807, 2.05) is 25.7 Å². The van der Waals surface area contributed by atoms with E-state index in [1.54, 1.807) is 0 Å². The van der Waals surface area contributed by atoms with E-state index in [0.29, 0.717) is 5.92 Å². The summed E-state index contributed by atoms with van der Waals surface area (Å²) in [7, 11) is 0. The molecule has 0 aromatic heterocycles. The zero-order valence-electron chi connectivity index (χ0n) is 13.6. The summed E-state index contributed by atoms with van der Waals surface area (Å²) in [5.41, 5.74) is 0.847. The van der Waals surface area contributed by atoms with Gasteiger partial charge in [0.15, 0.2) is 0 Å². The van der Waals surface area contributed by atoms with Gasteiger partial charge in [-0.1, -0.05) is 28.1 Å². The van der Waals surface area contributed by atoms with E-state index in [1.165, 1.54) is 5.56 Å². The van der Waals surface area contributed by atoms with Crippen molar-refractivity contribution in [3.8, 4) is 0 Å². The lowest BCUT2D eigenvalue weighted by atomic mass is 10.1. The van der Waals surface area contributed by atoms with Crippen molar-refractivity contribution in [2.75, 3.05) is 19.6 Å². The van der Waals surface area contributed by atoms with E-state index in [-0.39, 0.29) is 6.09 Å². The summed E-state index contributed by atoms with van der Waals surface area (Å²) < 4.78 is 6.51. The van der Waals surface area contributed by atoms with Crippen LogP contribution in [0.4, 0.5) is 4.79 Å². The Morgan fingerprint density at radius 3 is 2.68 bits per heavy atom. The number of carbonyl (C=O) groups excluding carboxylic acids is 1. The molecule has 1 aromatic carbocycles. The van der Waals surface area contributed by atoms with Gasteiger partial charge >= 0.3 is 6.09 Å². The van der Waals surface area contributed by atoms with Crippen LogP contribution in [0.1, 0.15) is 32.8 Å². The molecule has 0 bridgehead atoms. The molecule has 1 fully saturated rings. The highest BCUT2D eigenvalue weighted by Crippen LogP contribution is 2.19. The van der Waals surface area contributed by atoms with Crippen molar-refractivity contribution in [1.29, 1.82) is 0 Å². The molecule has 5 heteroatoms. The first-order valence-electron chi connectivity index (χ1n) is 7.76. The van der Waals surface area contributed by atoms with Gasteiger partial charge in [-0.2, -0.15) is 0 Å². The molecule has 1 saturated heterocycles. The maximum atomic E-state index is 12.0.